The smallest absolute Gasteiger partial charge is 0.181 e. The lowest BCUT2D eigenvalue weighted by Gasteiger charge is -2.07. The number of anilines is 1. The Morgan fingerprint density at radius 2 is 2.00 bits per heavy atom. The average molecular weight is 291 g/mol. The first-order chi connectivity index (χ1) is 8.97. The second kappa shape index (κ2) is 7.42. The molecule has 0 atom stereocenters. The number of rotatable bonds is 8. The van der Waals surface area contributed by atoms with E-state index in [0.717, 1.165) is 6.07 Å². The number of halogens is 1. The van der Waals surface area contributed by atoms with E-state index in [1.807, 2.05) is 0 Å². The molecule has 7 heteroatoms. The average Bonchev–Trinajstić information content (AvgIpc) is 2.33. The number of nitrogen functional groups attached to an aromatic ring is 1. The van der Waals surface area contributed by atoms with Crippen molar-refractivity contribution in [1.82, 2.24) is 0 Å². The molecule has 0 radical (unpaired) electrons. The van der Waals surface area contributed by atoms with Crippen LogP contribution in [0.25, 0.3) is 0 Å². The molecule has 0 heterocycles. The number of sulfone groups is 1. The van der Waals surface area contributed by atoms with Crippen molar-refractivity contribution in [3.8, 4) is 0 Å². The second-order valence-electron chi connectivity index (χ2n) is 3.97. The Hall–Kier alpha value is -1.18. The molecule has 0 aromatic heterocycles. The van der Waals surface area contributed by atoms with Gasteiger partial charge in [-0.1, -0.05) is 0 Å². The SMILES string of the molecule is COCCOCCCS(=O)(=O)c1ccc(N)cc1F. The maximum absolute atomic E-state index is 13.5. The Labute approximate surface area is 112 Å². The molecule has 0 amide bonds. The van der Waals surface area contributed by atoms with Crippen LogP contribution in [0.5, 0.6) is 0 Å². The maximum Gasteiger partial charge on any atom is 0.181 e. The molecule has 0 fully saturated rings. The summed E-state index contributed by atoms with van der Waals surface area (Å²) in [7, 11) is -2.09. The summed E-state index contributed by atoms with van der Waals surface area (Å²) in [6.07, 6.45) is 0.301. The van der Waals surface area contributed by atoms with E-state index < -0.39 is 15.7 Å². The van der Waals surface area contributed by atoms with Crippen LogP contribution in [0.15, 0.2) is 23.1 Å². The van der Waals surface area contributed by atoms with Crippen LogP contribution >= 0.6 is 0 Å². The lowest BCUT2D eigenvalue weighted by Crippen LogP contribution is -2.12. The quantitative estimate of drug-likeness (QED) is 0.576. The third-order valence-electron chi connectivity index (χ3n) is 2.42. The summed E-state index contributed by atoms with van der Waals surface area (Å²) < 4.78 is 47.2. The van der Waals surface area contributed by atoms with Crippen LogP contribution in [-0.2, 0) is 19.3 Å². The first-order valence-electron chi connectivity index (χ1n) is 5.82. The van der Waals surface area contributed by atoms with Crippen molar-refractivity contribution in [2.45, 2.75) is 11.3 Å². The predicted octanol–water partition coefficient (Wildman–Crippen LogP) is 1.23. The number of hydrogen-bond acceptors (Lipinski definition) is 5. The number of ether oxygens (including phenoxy) is 2. The molecular formula is C12H18FNO4S. The summed E-state index contributed by atoms with van der Waals surface area (Å²) in [4.78, 5) is -0.321. The van der Waals surface area contributed by atoms with Crippen LogP contribution in [0.2, 0.25) is 0 Å². The lowest BCUT2D eigenvalue weighted by atomic mass is 10.3. The highest BCUT2D eigenvalue weighted by molar-refractivity contribution is 7.91. The predicted molar refractivity (Wildman–Crippen MR) is 70.2 cm³/mol. The number of hydrogen-bond donors (Lipinski definition) is 1. The molecule has 108 valence electrons. The Morgan fingerprint density at radius 1 is 1.26 bits per heavy atom. The van der Waals surface area contributed by atoms with Gasteiger partial charge < -0.3 is 15.2 Å². The molecule has 5 nitrogen and oxygen atoms in total. The normalized spacial score (nSPS) is 11.7. The van der Waals surface area contributed by atoms with Gasteiger partial charge in [0.05, 0.1) is 19.0 Å². The van der Waals surface area contributed by atoms with E-state index in [1.165, 1.54) is 12.1 Å². The highest BCUT2D eigenvalue weighted by Gasteiger charge is 2.18. The van der Waals surface area contributed by atoms with E-state index in [4.69, 9.17) is 15.2 Å². The summed E-state index contributed by atoms with van der Waals surface area (Å²) >= 11 is 0. The molecule has 19 heavy (non-hydrogen) atoms. The fraction of sp³-hybridized carbons (Fsp3) is 0.500. The van der Waals surface area contributed by atoms with Crippen LogP contribution in [0.3, 0.4) is 0 Å². The zero-order chi connectivity index (χ0) is 14.3. The zero-order valence-electron chi connectivity index (χ0n) is 10.8. The minimum atomic E-state index is -3.64. The minimum Gasteiger partial charge on any atom is -0.399 e. The topological polar surface area (TPSA) is 78.6 Å². The molecule has 0 spiro atoms. The monoisotopic (exact) mass is 291 g/mol. The van der Waals surface area contributed by atoms with E-state index in [-0.39, 0.29) is 16.3 Å². The van der Waals surface area contributed by atoms with E-state index in [2.05, 4.69) is 0 Å². The van der Waals surface area contributed by atoms with Crippen molar-refractivity contribution >= 4 is 15.5 Å². The third kappa shape index (κ3) is 5.14. The van der Waals surface area contributed by atoms with Crippen molar-refractivity contribution in [3.63, 3.8) is 0 Å². The molecular weight excluding hydrogens is 273 g/mol. The van der Waals surface area contributed by atoms with Crippen LogP contribution in [0, 0.1) is 5.82 Å². The summed E-state index contributed by atoms with van der Waals surface area (Å²) in [6.45, 7) is 1.16. The maximum atomic E-state index is 13.5. The van der Waals surface area contributed by atoms with Gasteiger partial charge in [-0.3, -0.25) is 0 Å². The summed E-state index contributed by atoms with van der Waals surface area (Å²) in [5.74, 6) is -0.985. The first-order valence-corrected chi connectivity index (χ1v) is 7.47. The van der Waals surface area contributed by atoms with E-state index in [9.17, 15) is 12.8 Å². The van der Waals surface area contributed by atoms with Crippen LogP contribution in [0.1, 0.15) is 6.42 Å². The van der Waals surface area contributed by atoms with Gasteiger partial charge in [0.25, 0.3) is 0 Å². The molecule has 0 aliphatic carbocycles. The van der Waals surface area contributed by atoms with Gasteiger partial charge in [0.2, 0.25) is 0 Å². The fourth-order valence-corrected chi connectivity index (χ4v) is 2.82. The van der Waals surface area contributed by atoms with Crippen LogP contribution in [-0.4, -0.2) is 41.1 Å². The standard InChI is InChI=1S/C12H18FNO4S/c1-17-6-7-18-5-2-8-19(15,16)12-4-3-10(14)9-11(12)13/h3-4,9H,2,5-8,14H2,1H3. The van der Waals surface area contributed by atoms with E-state index in [0.29, 0.717) is 26.2 Å². The molecule has 0 aliphatic rings. The molecule has 0 saturated heterocycles. The van der Waals surface area contributed by atoms with E-state index >= 15 is 0 Å². The van der Waals surface area contributed by atoms with Crippen molar-refractivity contribution in [1.29, 1.82) is 0 Å². The van der Waals surface area contributed by atoms with Gasteiger partial charge in [0, 0.05) is 19.4 Å². The summed E-state index contributed by atoms with van der Waals surface area (Å²) in [5, 5.41) is 0. The van der Waals surface area contributed by atoms with Gasteiger partial charge in [0.15, 0.2) is 9.84 Å². The van der Waals surface area contributed by atoms with Gasteiger partial charge in [0.1, 0.15) is 10.7 Å². The number of nitrogens with two attached hydrogens (primary N) is 1. The van der Waals surface area contributed by atoms with Crippen molar-refractivity contribution in [3.05, 3.63) is 24.0 Å². The molecule has 1 rings (SSSR count). The molecule has 2 N–H and O–H groups in total. The highest BCUT2D eigenvalue weighted by atomic mass is 32.2. The van der Waals surface area contributed by atoms with Gasteiger partial charge in [-0.15, -0.1) is 0 Å². The Balaban J connectivity index is 2.52. The molecule has 0 saturated carbocycles. The fourth-order valence-electron chi connectivity index (χ4n) is 1.47. The minimum absolute atomic E-state index is 0.166. The van der Waals surface area contributed by atoms with Crippen molar-refractivity contribution in [2.24, 2.45) is 0 Å². The van der Waals surface area contributed by atoms with Gasteiger partial charge in [-0.2, -0.15) is 0 Å². The van der Waals surface area contributed by atoms with Crippen molar-refractivity contribution < 1.29 is 22.3 Å². The van der Waals surface area contributed by atoms with Gasteiger partial charge in [-0.05, 0) is 24.6 Å². The lowest BCUT2D eigenvalue weighted by molar-refractivity contribution is 0.0712. The summed E-state index contributed by atoms with van der Waals surface area (Å²) in [6, 6.07) is 3.55. The third-order valence-corrected chi connectivity index (χ3v) is 4.25. The van der Waals surface area contributed by atoms with Gasteiger partial charge >= 0.3 is 0 Å². The first kappa shape index (κ1) is 15.9. The Kier molecular flexibility index (Phi) is 6.20. The van der Waals surface area contributed by atoms with Gasteiger partial charge in [-0.25, -0.2) is 12.8 Å². The Bertz CT molecular complexity index is 504. The van der Waals surface area contributed by atoms with Crippen LogP contribution in [0.4, 0.5) is 10.1 Å². The largest absolute Gasteiger partial charge is 0.399 e. The molecule has 1 aromatic rings. The number of benzene rings is 1. The van der Waals surface area contributed by atoms with Crippen LogP contribution < -0.4 is 5.73 Å². The zero-order valence-corrected chi connectivity index (χ0v) is 11.6. The van der Waals surface area contributed by atoms with E-state index in [1.54, 1.807) is 7.11 Å². The highest BCUT2D eigenvalue weighted by Crippen LogP contribution is 2.19. The molecule has 0 aliphatic heterocycles. The summed E-state index contributed by atoms with van der Waals surface area (Å²) in [5.41, 5.74) is 5.57. The Morgan fingerprint density at radius 3 is 2.63 bits per heavy atom. The van der Waals surface area contributed by atoms with Crippen molar-refractivity contribution in [2.75, 3.05) is 38.4 Å². The molecule has 1 aromatic carbocycles. The number of methoxy groups -OCH3 is 1. The molecule has 0 unspecified atom stereocenters. The second-order valence-corrected chi connectivity index (χ2v) is 6.05. The molecule has 0 bridgehead atoms.